The monoisotopic (exact) mass is 373 g/mol. The second-order valence-corrected chi connectivity index (χ2v) is 8.97. The lowest BCUT2D eigenvalue weighted by Crippen LogP contribution is -2.33. The van der Waals surface area contributed by atoms with Crippen LogP contribution in [0.25, 0.3) is 0 Å². The van der Waals surface area contributed by atoms with E-state index in [1.54, 1.807) is 36.4 Å². The second-order valence-electron chi connectivity index (χ2n) is 4.84. The molecule has 0 saturated carbocycles. The highest BCUT2D eigenvalue weighted by molar-refractivity contribution is 7.92. The van der Waals surface area contributed by atoms with Gasteiger partial charge in [0.15, 0.2) is 9.84 Å². The van der Waals surface area contributed by atoms with Crippen LogP contribution in [-0.4, -0.2) is 26.7 Å². The summed E-state index contributed by atoms with van der Waals surface area (Å²) in [4.78, 5) is 12.9. The van der Waals surface area contributed by atoms with E-state index in [0.717, 1.165) is 0 Å². The van der Waals surface area contributed by atoms with Crippen molar-refractivity contribution < 1.29 is 17.9 Å². The Balaban J connectivity index is 2.12. The molecule has 0 radical (unpaired) electrons. The van der Waals surface area contributed by atoms with E-state index in [4.69, 9.17) is 16.3 Å². The standard InChI is InChI=1S/C15H16ClNO4S2/c1-10(23(19,20)9-11-7-8-14(16)22-11)15(18)17-12-5-3-4-6-13(12)21-2/h3-8,10H,9H2,1-2H3,(H,17,18)/t10-/m1/s1. The quantitative estimate of drug-likeness (QED) is 0.842. The zero-order chi connectivity index (χ0) is 17.0. The van der Waals surface area contributed by atoms with Gasteiger partial charge in [-0.1, -0.05) is 23.7 Å². The predicted octanol–water partition coefficient (Wildman–Crippen LogP) is 3.35. The Kier molecular flexibility index (Phi) is 5.67. The van der Waals surface area contributed by atoms with Crippen LogP contribution in [0.3, 0.4) is 0 Å². The highest BCUT2D eigenvalue weighted by Gasteiger charge is 2.29. The summed E-state index contributed by atoms with van der Waals surface area (Å²) < 4.78 is 30.4. The van der Waals surface area contributed by atoms with E-state index in [-0.39, 0.29) is 5.75 Å². The lowest BCUT2D eigenvalue weighted by molar-refractivity contribution is -0.115. The molecule has 23 heavy (non-hydrogen) atoms. The van der Waals surface area contributed by atoms with Gasteiger partial charge in [-0.15, -0.1) is 11.3 Å². The summed E-state index contributed by atoms with van der Waals surface area (Å²) in [6, 6.07) is 10.1. The average Bonchev–Trinajstić information content (AvgIpc) is 2.91. The van der Waals surface area contributed by atoms with Gasteiger partial charge >= 0.3 is 0 Å². The molecule has 0 spiro atoms. The fourth-order valence-electron chi connectivity index (χ4n) is 1.90. The van der Waals surface area contributed by atoms with Crippen molar-refractivity contribution in [1.82, 2.24) is 0 Å². The molecule has 0 aliphatic heterocycles. The van der Waals surface area contributed by atoms with Gasteiger partial charge in [0.1, 0.15) is 11.0 Å². The zero-order valence-corrected chi connectivity index (χ0v) is 15.0. The molecule has 1 amide bonds. The molecule has 2 rings (SSSR count). The molecule has 1 atom stereocenters. The molecule has 8 heteroatoms. The first-order valence-electron chi connectivity index (χ1n) is 6.73. The Morgan fingerprint density at radius 3 is 2.61 bits per heavy atom. The SMILES string of the molecule is COc1ccccc1NC(=O)[C@@H](C)S(=O)(=O)Cc1ccc(Cl)s1. The number of amides is 1. The van der Waals surface area contributed by atoms with Crippen molar-refractivity contribution in [1.29, 1.82) is 0 Å². The number of carbonyl (C=O) groups is 1. The van der Waals surface area contributed by atoms with Gasteiger partial charge in [0.05, 0.1) is 22.9 Å². The molecule has 1 aromatic carbocycles. The number of halogens is 1. The van der Waals surface area contributed by atoms with Crippen LogP contribution in [0, 0.1) is 0 Å². The van der Waals surface area contributed by atoms with Gasteiger partial charge in [-0.25, -0.2) is 8.42 Å². The van der Waals surface area contributed by atoms with Crippen LogP contribution in [0.15, 0.2) is 36.4 Å². The van der Waals surface area contributed by atoms with Crippen LogP contribution in [0.4, 0.5) is 5.69 Å². The van der Waals surface area contributed by atoms with Crippen LogP contribution in [0.1, 0.15) is 11.8 Å². The third kappa shape index (κ3) is 4.46. The first-order valence-corrected chi connectivity index (χ1v) is 9.64. The molecule has 1 heterocycles. The first-order chi connectivity index (χ1) is 10.8. The van der Waals surface area contributed by atoms with Gasteiger partial charge in [0.2, 0.25) is 5.91 Å². The van der Waals surface area contributed by atoms with E-state index in [2.05, 4.69) is 5.32 Å². The number of carbonyl (C=O) groups excluding carboxylic acids is 1. The molecule has 1 N–H and O–H groups in total. The Morgan fingerprint density at radius 1 is 1.30 bits per heavy atom. The van der Waals surface area contributed by atoms with Crippen molar-refractivity contribution in [2.24, 2.45) is 0 Å². The summed E-state index contributed by atoms with van der Waals surface area (Å²) in [7, 11) is -2.16. The summed E-state index contributed by atoms with van der Waals surface area (Å²) >= 11 is 6.99. The number of para-hydroxylation sites is 2. The Hall–Kier alpha value is -1.57. The van der Waals surface area contributed by atoms with Crippen molar-refractivity contribution in [2.75, 3.05) is 12.4 Å². The fourth-order valence-corrected chi connectivity index (χ4v) is 4.64. The minimum absolute atomic E-state index is 0.217. The molecule has 2 aromatic rings. The van der Waals surface area contributed by atoms with E-state index < -0.39 is 21.0 Å². The Labute approximate surface area is 144 Å². The topological polar surface area (TPSA) is 72.5 Å². The molecule has 124 valence electrons. The molecule has 0 saturated heterocycles. The van der Waals surface area contributed by atoms with Gasteiger partial charge in [-0.05, 0) is 31.2 Å². The van der Waals surface area contributed by atoms with Gasteiger partial charge in [-0.3, -0.25) is 4.79 Å². The molecular formula is C15H16ClNO4S2. The smallest absolute Gasteiger partial charge is 0.242 e. The number of rotatable bonds is 6. The Morgan fingerprint density at radius 2 is 2.00 bits per heavy atom. The highest BCUT2D eigenvalue weighted by Crippen LogP contribution is 2.26. The third-order valence-electron chi connectivity index (χ3n) is 3.25. The summed E-state index contributed by atoms with van der Waals surface area (Å²) in [6.07, 6.45) is 0. The third-order valence-corrected chi connectivity index (χ3v) is 6.66. The van der Waals surface area contributed by atoms with Crippen molar-refractivity contribution in [3.8, 4) is 5.75 Å². The minimum atomic E-state index is -3.64. The number of hydrogen-bond donors (Lipinski definition) is 1. The molecule has 0 aliphatic carbocycles. The van der Waals surface area contributed by atoms with Crippen LogP contribution in [-0.2, 0) is 20.4 Å². The first kappa shape index (κ1) is 17.8. The zero-order valence-electron chi connectivity index (χ0n) is 12.6. The van der Waals surface area contributed by atoms with Crippen LogP contribution >= 0.6 is 22.9 Å². The lowest BCUT2D eigenvalue weighted by Gasteiger charge is -2.14. The number of nitrogens with one attached hydrogen (secondary N) is 1. The molecule has 0 unspecified atom stereocenters. The average molecular weight is 374 g/mol. The number of hydrogen-bond acceptors (Lipinski definition) is 5. The number of anilines is 1. The normalized spacial score (nSPS) is 12.7. The molecule has 0 bridgehead atoms. The largest absolute Gasteiger partial charge is 0.495 e. The van der Waals surface area contributed by atoms with Crippen molar-refractivity contribution in [3.05, 3.63) is 45.6 Å². The molecule has 5 nitrogen and oxygen atoms in total. The van der Waals surface area contributed by atoms with Gasteiger partial charge in [0.25, 0.3) is 0 Å². The summed E-state index contributed by atoms with van der Waals surface area (Å²) in [5.74, 6) is -0.349. The maximum absolute atomic E-state index is 12.4. The van der Waals surface area contributed by atoms with Gasteiger partial charge in [0, 0.05) is 4.88 Å². The maximum Gasteiger partial charge on any atom is 0.242 e. The van der Waals surface area contributed by atoms with E-state index in [9.17, 15) is 13.2 Å². The predicted molar refractivity (Wildman–Crippen MR) is 93.0 cm³/mol. The van der Waals surface area contributed by atoms with Gasteiger partial charge < -0.3 is 10.1 Å². The van der Waals surface area contributed by atoms with Crippen LogP contribution < -0.4 is 10.1 Å². The number of ether oxygens (including phenoxy) is 1. The van der Waals surface area contributed by atoms with Crippen molar-refractivity contribution in [2.45, 2.75) is 17.9 Å². The summed E-state index contributed by atoms with van der Waals surface area (Å²) in [5, 5.41) is 1.41. The highest BCUT2D eigenvalue weighted by atomic mass is 35.5. The summed E-state index contributed by atoms with van der Waals surface area (Å²) in [6.45, 7) is 1.37. The molecule has 0 aliphatic rings. The number of thiophene rings is 1. The van der Waals surface area contributed by atoms with Crippen LogP contribution in [0.5, 0.6) is 5.75 Å². The van der Waals surface area contributed by atoms with Gasteiger partial charge in [-0.2, -0.15) is 0 Å². The maximum atomic E-state index is 12.4. The second kappa shape index (κ2) is 7.33. The lowest BCUT2D eigenvalue weighted by atomic mass is 10.3. The van der Waals surface area contributed by atoms with E-state index in [1.807, 2.05) is 0 Å². The van der Waals surface area contributed by atoms with E-state index in [0.29, 0.717) is 20.7 Å². The van der Waals surface area contributed by atoms with Crippen molar-refractivity contribution >= 4 is 44.4 Å². The fraction of sp³-hybridized carbons (Fsp3) is 0.267. The molecular weight excluding hydrogens is 358 g/mol. The van der Waals surface area contributed by atoms with E-state index in [1.165, 1.54) is 25.4 Å². The molecule has 1 aromatic heterocycles. The summed E-state index contributed by atoms with van der Waals surface area (Å²) in [5.41, 5.74) is 0.432. The number of benzene rings is 1. The number of sulfone groups is 1. The van der Waals surface area contributed by atoms with Crippen molar-refractivity contribution in [3.63, 3.8) is 0 Å². The van der Waals surface area contributed by atoms with E-state index >= 15 is 0 Å². The number of methoxy groups -OCH3 is 1. The van der Waals surface area contributed by atoms with Crippen LogP contribution in [0.2, 0.25) is 4.34 Å². The Bertz CT molecular complexity index is 801. The molecule has 0 fully saturated rings. The minimum Gasteiger partial charge on any atom is -0.495 e.